The number of amides is 2. The van der Waals surface area contributed by atoms with Crippen LogP contribution in [0.2, 0.25) is 0 Å². The fraction of sp³-hybridized carbons (Fsp3) is 0.350. The normalized spacial score (nSPS) is 16.5. The van der Waals surface area contributed by atoms with Gasteiger partial charge in [0, 0.05) is 57.0 Å². The number of aromatic nitrogens is 4. The van der Waals surface area contributed by atoms with Crippen molar-refractivity contribution < 1.29 is 9.59 Å². The number of fused-ring (bicyclic) bond motifs is 1. The highest BCUT2D eigenvalue weighted by atomic mass is 16.2. The lowest BCUT2D eigenvalue weighted by Crippen LogP contribution is -2.26. The van der Waals surface area contributed by atoms with E-state index >= 15 is 0 Å². The van der Waals surface area contributed by atoms with E-state index in [9.17, 15) is 9.59 Å². The lowest BCUT2D eigenvalue weighted by molar-refractivity contribution is -0.127. The van der Waals surface area contributed by atoms with Gasteiger partial charge in [-0.1, -0.05) is 6.07 Å². The maximum absolute atomic E-state index is 12.5. The molecule has 0 aliphatic carbocycles. The number of nitrogens with zero attached hydrogens (tertiary/aromatic N) is 5. The second-order valence-electron chi connectivity index (χ2n) is 6.98. The Labute approximate surface area is 162 Å². The molecule has 0 radical (unpaired) electrons. The molecule has 4 rings (SSSR count). The first-order chi connectivity index (χ1) is 13.6. The van der Waals surface area contributed by atoms with Crippen molar-refractivity contribution in [3.05, 3.63) is 59.8 Å². The molecule has 0 aromatic carbocycles. The minimum Gasteiger partial charge on any atom is -0.352 e. The van der Waals surface area contributed by atoms with Crippen molar-refractivity contribution in [2.24, 2.45) is 0 Å². The van der Waals surface area contributed by atoms with Gasteiger partial charge in [-0.15, -0.1) is 10.2 Å². The van der Waals surface area contributed by atoms with Gasteiger partial charge in [-0.05, 0) is 30.7 Å². The third-order valence-corrected chi connectivity index (χ3v) is 5.08. The van der Waals surface area contributed by atoms with Crippen molar-refractivity contribution in [2.75, 3.05) is 19.6 Å². The molecule has 1 N–H and O–H groups in total. The van der Waals surface area contributed by atoms with Gasteiger partial charge >= 0.3 is 0 Å². The van der Waals surface area contributed by atoms with Crippen molar-refractivity contribution in [3.63, 3.8) is 0 Å². The average Bonchev–Trinajstić information content (AvgIpc) is 3.35. The van der Waals surface area contributed by atoms with Gasteiger partial charge in [0.25, 0.3) is 5.91 Å². The molecule has 1 fully saturated rings. The molecule has 1 saturated heterocycles. The molecule has 1 aliphatic heterocycles. The average molecular weight is 378 g/mol. The lowest BCUT2D eigenvalue weighted by atomic mass is 10.1. The Morgan fingerprint density at radius 2 is 2.11 bits per heavy atom. The van der Waals surface area contributed by atoms with Crippen molar-refractivity contribution in [2.45, 2.75) is 25.7 Å². The van der Waals surface area contributed by atoms with Crippen LogP contribution in [-0.2, 0) is 11.2 Å². The number of nitrogens with one attached hydrogen (secondary N) is 1. The van der Waals surface area contributed by atoms with Gasteiger partial charge in [-0.2, -0.15) is 0 Å². The summed E-state index contributed by atoms with van der Waals surface area (Å²) in [4.78, 5) is 30.2. The third-order valence-electron chi connectivity index (χ3n) is 5.08. The number of rotatable bonds is 5. The minimum atomic E-state index is -0.144. The van der Waals surface area contributed by atoms with Crippen molar-refractivity contribution >= 4 is 17.5 Å². The van der Waals surface area contributed by atoms with Gasteiger partial charge in [0.15, 0.2) is 5.65 Å². The first kappa shape index (κ1) is 18.1. The zero-order valence-corrected chi connectivity index (χ0v) is 15.7. The predicted molar refractivity (Wildman–Crippen MR) is 103 cm³/mol. The van der Waals surface area contributed by atoms with Crippen molar-refractivity contribution in [3.8, 4) is 0 Å². The third kappa shape index (κ3) is 3.71. The van der Waals surface area contributed by atoms with E-state index in [0.29, 0.717) is 30.7 Å². The molecule has 2 amide bonds. The number of likely N-dealkylation sites (tertiary alicyclic amines) is 1. The Balaban J connectivity index is 1.46. The molecule has 0 saturated carbocycles. The first-order valence-corrected chi connectivity index (χ1v) is 9.40. The monoisotopic (exact) mass is 378 g/mol. The van der Waals surface area contributed by atoms with Crippen LogP contribution in [0.5, 0.6) is 0 Å². The largest absolute Gasteiger partial charge is 0.352 e. The van der Waals surface area contributed by atoms with E-state index in [1.54, 1.807) is 31.5 Å². The molecule has 3 aromatic rings. The standard InChI is InChI=1S/C20H22N6O2/c1-14(27)25-11-8-15(12-25)19-24-23-18-6-5-16(13-26(18)19)20(28)22-10-7-17-4-2-3-9-21-17/h2-6,9,13,15H,7-8,10-12H2,1H3,(H,22,28)/t15-/m1/s1. The summed E-state index contributed by atoms with van der Waals surface area (Å²) in [6.45, 7) is 3.45. The highest BCUT2D eigenvalue weighted by molar-refractivity contribution is 5.94. The van der Waals surface area contributed by atoms with Gasteiger partial charge in [0.05, 0.1) is 5.56 Å². The fourth-order valence-electron chi connectivity index (χ4n) is 3.53. The molecule has 0 unspecified atom stereocenters. The Bertz CT molecular complexity index is 1000. The smallest absolute Gasteiger partial charge is 0.252 e. The van der Waals surface area contributed by atoms with Crippen LogP contribution in [0.15, 0.2) is 42.7 Å². The molecule has 8 heteroatoms. The predicted octanol–water partition coefficient (Wildman–Crippen LogP) is 1.43. The summed E-state index contributed by atoms with van der Waals surface area (Å²) in [7, 11) is 0. The van der Waals surface area contributed by atoms with E-state index in [-0.39, 0.29) is 17.7 Å². The quantitative estimate of drug-likeness (QED) is 0.725. The van der Waals surface area contributed by atoms with Gasteiger partial charge in [0.2, 0.25) is 5.91 Å². The number of hydrogen-bond acceptors (Lipinski definition) is 5. The highest BCUT2D eigenvalue weighted by Gasteiger charge is 2.29. The van der Waals surface area contributed by atoms with E-state index in [2.05, 4.69) is 20.5 Å². The number of hydrogen-bond donors (Lipinski definition) is 1. The molecule has 0 bridgehead atoms. The second-order valence-corrected chi connectivity index (χ2v) is 6.98. The van der Waals surface area contributed by atoms with Crippen LogP contribution in [0.1, 0.15) is 41.1 Å². The van der Waals surface area contributed by atoms with Gasteiger partial charge in [0.1, 0.15) is 5.82 Å². The van der Waals surface area contributed by atoms with Crippen LogP contribution < -0.4 is 5.32 Å². The van der Waals surface area contributed by atoms with E-state index in [0.717, 1.165) is 24.5 Å². The fourth-order valence-corrected chi connectivity index (χ4v) is 3.53. The molecule has 1 aliphatic rings. The number of pyridine rings is 2. The highest BCUT2D eigenvalue weighted by Crippen LogP contribution is 2.26. The summed E-state index contributed by atoms with van der Waals surface area (Å²) in [6.07, 6.45) is 5.04. The molecule has 28 heavy (non-hydrogen) atoms. The van der Waals surface area contributed by atoms with E-state index in [1.165, 1.54) is 0 Å². The molecule has 3 aromatic heterocycles. The number of carbonyl (C=O) groups is 2. The summed E-state index contributed by atoms with van der Waals surface area (Å²) >= 11 is 0. The van der Waals surface area contributed by atoms with Crippen molar-refractivity contribution in [1.29, 1.82) is 0 Å². The second kappa shape index (κ2) is 7.75. The maximum atomic E-state index is 12.5. The SMILES string of the molecule is CC(=O)N1CC[C@@H](c2nnc3ccc(C(=O)NCCc4ccccn4)cn23)C1. The van der Waals surface area contributed by atoms with E-state index < -0.39 is 0 Å². The Morgan fingerprint density at radius 1 is 1.21 bits per heavy atom. The van der Waals surface area contributed by atoms with Crippen LogP contribution >= 0.6 is 0 Å². The van der Waals surface area contributed by atoms with Crippen LogP contribution in [-0.4, -0.2) is 55.9 Å². The summed E-state index contributed by atoms with van der Waals surface area (Å²) in [5, 5.41) is 11.4. The molecule has 8 nitrogen and oxygen atoms in total. The lowest BCUT2D eigenvalue weighted by Gasteiger charge is -2.13. The first-order valence-electron chi connectivity index (χ1n) is 9.40. The molecule has 144 valence electrons. The maximum Gasteiger partial charge on any atom is 0.252 e. The minimum absolute atomic E-state index is 0.0734. The summed E-state index contributed by atoms with van der Waals surface area (Å²) in [5.41, 5.74) is 2.19. The Morgan fingerprint density at radius 3 is 2.86 bits per heavy atom. The molecule has 1 atom stereocenters. The summed E-state index contributed by atoms with van der Waals surface area (Å²) in [5.74, 6) is 0.849. The summed E-state index contributed by atoms with van der Waals surface area (Å²) < 4.78 is 1.86. The van der Waals surface area contributed by atoms with E-state index in [1.807, 2.05) is 27.5 Å². The molecular weight excluding hydrogens is 356 g/mol. The van der Waals surface area contributed by atoms with Crippen LogP contribution in [0.3, 0.4) is 0 Å². The van der Waals surface area contributed by atoms with Gasteiger partial charge in [-0.3, -0.25) is 19.0 Å². The summed E-state index contributed by atoms with van der Waals surface area (Å²) in [6, 6.07) is 9.28. The van der Waals surface area contributed by atoms with Crippen molar-refractivity contribution in [1.82, 2.24) is 29.8 Å². The molecular formula is C20H22N6O2. The topological polar surface area (TPSA) is 92.5 Å². The van der Waals surface area contributed by atoms with Crippen LogP contribution in [0.25, 0.3) is 5.65 Å². The van der Waals surface area contributed by atoms with Crippen LogP contribution in [0.4, 0.5) is 0 Å². The molecule has 0 spiro atoms. The Hall–Kier alpha value is -3.29. The number of carbonyl (C=O) groups excluding carboxylic acids is 2. The zero-order chi connectivity index (χ0) is 19.5. The Kier molecular flexibility index (Phi) is 5.01. The van der Waals surface area contributed by atoms with Crippen LogP contribution in [0, 0.1) is 0 Å². The zero-order valence-electron chi connectivity index (χ0n) is 15.7. The van der Waals surface area contributed by atoms with Gasteiger partial charge < -0.3 is 10.2 Å². The molecule has 4 heterocycles. The van der Waals surface area contributed by atoms with E-state index in [4.69, 9.17) is 0 Å². The van der Waals surface area contributed by atoms with Gasteiger partial charge in [-0.25, -0.2) is 0 Å².